The Morgan fingerprint density at radius 2 is 1.96 bits per heavy atom. The highest BCUT2D eigenvalue weighted by atomic mass is 19.1. The zero-order valence-corrected chi connectivity index (χ0v) is 13.5. The van der Waals surface area contributed by atoms with Crippen LogP contribution in [0.5, 0.6) is 5.75 Å². The van der Waals surface area contributed by atoms with E-state index in [1.54, 1.807) is 25.3 Å². The van der Waals surface area contributed by atoms with Gasteiger partial charge in [-0.15, -0.1) is 5.10 Å². The van der Waals surface area contributed by atoms with Gasteiger partial charge in [0.25, 0.3) is 11.8 Å². The van der Waals surface area contributed by atoms with Gasteiger partial charge >= 0.3 is 6.01 Å². The average Bonchev–Trinajstić information content (AvgIpc) is 3.28. The van der Waals surface area contributed by atoms with Crippen molar-refractivity contribution in [2.24, 2.45) is 0 Å². The summed E-state index contributed by atoms with van der Waals surface area (Å²) in [4.78, 5) is 12.1. The number of benzene rings is 2. The number of hydrogen-bond acceptors (Lipinski definition) is 6. The van der Waals surface area contributed by atoms with E-state index >= 15 is 0 Å². The van der Waals surface area contributed by atoms with Crippen molar-refractivity contribution in [1.29, 1.82) is 0 Å². The van der Waals surface area contributed by atoms with Gasteiger partial charge in [0.15, 0.2) is 17.1 Å². The molecular weight excluding hydrogens is 341 g/mol. The lowest BCUT2D eigenvalue weighted by Crippen LogP contribution is -2.13. The topological polar surface area (TPSA) is 90.4 Å². The number of aromatic nitrogens is 2. The Hall–Kier alpha value is -3.68. The maximum atomic E-state index is 13.6. The molecule has 7 nitrogen and oxygen atoms in total. The number of para-hydroxylation sites is 1. The number of methoxy groups -OCH3 is 1. The molecule has 0 aliphatic heterocycles. The van der Waals surface area contributed by atoms with Crippen LogP contribution >= 0.6 is 0 Å². The summed E-state index contributed by atoms with van der Waals surface area (Å²) < 4.78 is 30.0. The lowest BCUT2D eigenvalue weighted by atomic mass is 10.2. The summed E-state index contributed by atoms with van der Waals surface area (Å²) in [5.74, 6) is -0.365. The molecule has 4 aromatic rings. The average molecular weight is 353 g/mol. The quantitative estimate of drug-likeness (QED) is 0.599. The highest BCUT2D eigenvalue weighted by Crippen LogP contribution is 2.33. The van der Waals surface area contributed by atoms with Crippen molar-refractivity contribution in [3.8, 4) is 17.4 Å². The molecule has 0 aliphatic rings. The van der Waals surface area contributed by atoms with Crippen LogP contribution in [0, 0.1) is 5.82 Å². The number of nitrogens with one attached hydrogen (secondary N) is 1. The highest BCUT2D eigenvalue weighted by molar-refractivity contribution is 6.03. The summed E-state index contributed by atoms with van der Waals surface area (Å²) in [5, 5.41) is 10.7. The number of ether oxygens (including phenoxy) is 1. The first-order chi connectivity index (χ1) is 12.7. The van der Waals surface area contributed by atoms with Crippen LogP contribution in [0.25, 0.3) is 22.6 Å². The summed E-state index contributed by atoms with van der Waals surface area (Å²) >= 11 is 0. The molecule has 0 saturated heterocycles. The number of fused-ring (bicyclic) bond motifs is 1. The van der Waals surface area contributed by atoms with Gasteiger partial charge in [0, 0.05) is 5.39 Å². The van der Waals surface area contributed by atoms with Gasteiger partial charge in [-0.2, -0.15) is 0 Å². The lowest BCUT2D eigenvalue weighted by Gasteiger charge is -2.01. The molecule has 0 saturated carbocycles. The SMILES string of the molecule is COc1cccc2cc(-c3nnc(NC(=O)c4ccccc4F)o3)oc12. The van der Waals surface area contributed by atoms with Gasteiger partial charge in [-0.3, -0.25) is 10.1 Å². The van der Waals surface area contributed by atoms with E-state index < -0.39 is 11.7 Å². The normalized spacial score (nSPS) is 10.8. The van der Waals surface area contributed by atoms with E-state index in [9.17, 15) is 9.18 Å². The molecule has 0 bridgehead atoms. The monoisotopic (exact) mass is 353 g/mol. The fourth-order valence-corrected chi connectivity index (χ4v) is 2.49. The van der Waals surface area contributed by atoms with Crippen LogP contribution in [-0.2, 0) is 0 Å². The second-order valence-corrected chi connectivity index (χ2v) is 5.34. The Balaban J connectivity index is 1.60. The smallest absolute Gasteiger partial charge is 0.322 e. The van der Waals surface area contributed by atoms with Gasteiger partial charge in [0.2, 0.25) is 0 Å². The first kappa shape index (κ1) is 15.8. The molecule has 8 heteroatoms. The Labute approximate surface area is 146 Å². The van der Waals surface area contributed by atoms with E-state index in [0.717, 1.165) is 5.39 Å². The van der Waals surface area contributed by atoms with Crippen molar-refractivity contribution >= 4 is 22.9 Å². The summed E-state index contributed by atoms with van der Waals surface area (Å²) in [5.41, 5.74) is 0.417. The standard InChI is InChI=1S/C18H12FN3O4/c1-24-13-8-4-5-10-9-14(25-15(10)13)17-21-22-18(26-17)20-16(23)11-6-2-3-7-12(11)19/h2-9H,1H3,(H,20,22,23). The van der Waals surface area contributed by atoms with E-state index in [2.05, 4.69) is 15.5 Å². The van der Waals surface area contributed by atoms with Crippen molar-refractivity contribution in [2.75, 3.05) is 12.4 Å². The molecule has 0 aliphatic carbocycles. The largest absolute Gasteiger partial charge is 0.493 e. The van der Waals surface area contributed by atoms with E-state index in [0.29, 0.717) is 17.1 Å². The third-order valence-electron chi connectivity index (χ3n) is 3.70. The minimum absolute atomic E-state index is 0.0760. The number of halogens is 1. The van der Waals surface area contributed by atoms with E-state index in [4.69, 9.17) is 13.6 Å². The molecule has 1 amide bonds. The number of anilines is 1. The van der Waals surface area contributed by atoms with Crippen LogP contribution < -0.4 is 10.1 Å². The van der Waals surface area contributed by atoms with Crippen LogP contribution in [-0.4, -0.2) is 23.2 Å². The molecule has 130 valence electrons. The zero-order chi connectivity index (χ0) is 18.1. The second kappa shape index (κ2) is 6.32. The minimum Gasteiger partial charge on any atom is -0.493 e. The molecule has 0 atom stereocenters. The van der Waals surface area contributed by atoms with E-state index in [1.165, 1.54) is 18.2 Å². The number of carbonyl (C=O) groups excluding carboxylic acids is 1. The third kappa shape index (κ3) is 2.77. The highest BCUT2D eigenvalue weighted by Gasteiger charge is 2.18. The van der Waals surface area contributed by atoms with Crippen molar-refractivity contribution in [2.45, 2.75) is 0 Å². The second-order valence-electron chi connectivity index (χ2n) is 5.34. The molecule has 4 rings (SSSR count). The van der Waals surface area contributed by atoms with E-state index in [-0.39, 0.29) is 17.5 Å². The first-order valence-electron chi connectivity index (χ1n) is 7.62. The number of carbonyl (C=O) groups is 1. The molecular formula is C18H12FN3O4. The van der Waals surface area contributed by atoms with Crippen LogP contribution in [0.2, 0.25) is 0 Å². The van der Waals surface area contributed by atoms with Crippen molar-refractivity contribution in [1.82, 2.24) is 10.2 Å². The summed E-state index contributed by atoms with van der Waals surface area (Å²) in [7, 11) is 1.54. The number of rotatable bonds is 4. The van der Waals surface area contributed by atoms with Gasteiger partial charge in [0.1, 0.15) is 5.82 Å². The van der Waals surface area contributed by atoms with E-state index in [1.807, 2.05) is 12.1 Å². The van der Waals surface area contributed by atoms with Gasteiger partial charge in [-0.1, -0.05) is 29.4 Å². The predicted octanol–water partition coefficient (Wildman–Crippen LogP) is 3.88. The van der Waals surface area contributed by atoms with Crippen LogP contribution in [0.3, 0.4) is 0 Å². The number of amides is 1. The summed E-state index contributed by atoms with van der Waals surface area (Å²) in [6.45, 7) is 0. The maximum Gasteiger partial charge on any atom is 0.322 e. The maximum absolute atomic E-state index is 13.6. The predicted molar refractivity (Wildman–Crippen MR) is 90.4 cm³/mol. The molecule has 0 unspecified atom stereocenters. The Bertz CT molecular complexity index is 1100. The molecule has 0 radical (unpaired) electrons. The van der Waals surface area contributed by atoms with Crippen molar-refractivity contribution in [3.05, 3.63) is 59.9 Å². The lowest BCUT2D eigenvalue weighted by molar-refractivity contribution is 0.102. The summed E-state index contributed by atoms with van der Waals surface area (Å²) in [6, 6.07) is 12.6. The van der Waals surface area contributed by atoms with Crippen LogP contribution in [0.1, 0.15) is 10.4 Å². The van der Waals surface area contributed by atoms with Gasteiger partial charge in [-0.05, 0) is 24.3 Å². The molecule has 2 heterocycles. The fraction of sp³-hybridized carbons (Fsp3) is 0.0556. The molecule has 26 heavy (non-hydrogen) atoms. The van der Waals surface area contributed by atoms with Crippen LogP contribution in [0.15, 0.2) is 57.4 Å². The molecule has 2 aromatic carbocycles. The van der Waals surface area contributed by atoms with Crippen molar-refractivity contribution in [3.63, 3.8) is 0 Å². The van der Waals surface area contributed by atoms with Crippen molar-refractivity contribution < 1.29 is 22.8 Å². The number of hydrogen-bond donors (Lipinski definition) is 1. The molecule has 2 aromatic heterocycles. The molecule has 0 fully saturated rings. The summed E-state index contributed by atoms with van der Waals surface area (Å²) in [6.07, 6.45) is 0. The Morgan fingerprint density at radius 1 is 1.12 bits per heavy atom. The third-order valence-corrected chi connectivity index (χ3v) is 3.70. The Morgan fingerprint density at radius 3 is 2.77 bits per heavy atom. The van der Waals surface area contributed by atoms with Gasteiger partial charge < -0.3 is 13.6 Å². The zero-order valence-electron chi connectivity index (χ0n) is 13.5. The van der Waals surface area contributed by atoms with Gasteiger partial charge in [0.05, 0.1) is 12.7 Å². The first-order valence-corrected chi connectivity index (χ1v) is 7.62. The minimum atomic E-state index is -0.690. The molecule has 1 N–H and O–H groups in total. The van der Waals surface area contributed by atoms with Crippen LogP contribution in [0.4, 0.5) is 10.4 Å². The molecule has 0 spiro atoms. The van der Waals surface area contributed by atoms with Gasteiger partial charge in [-0.25, -0.2) is 4.39 Å². The Kier molecular flexibility index (Phi) is 3.85. The number of furan rings is 1. The number of nitrogens with zero attached hydrogens (tertiary/aromatic N) is 2. The fourth-order valence-electron chi connectivity index (χ4n) is 2.49.